The summed E-state index contributed by atoms with van der Waals surface area (Å²) in [5.41, 5.74) is 1.10. The quantitative estimate of drug-likeness (QED) is 0.885. The van der Waals surface area contributed by atoms with Crippen molar-refractivity contribution < 1.29 is 13.9 Å². The summed E-state index contributed by atoms with van der Waals surface area (Å²) >= 11 is 3.17. The molecule has 1 aliphatic heterocycles. The Kier molecular flexibility index (Phi) is 4.68. The minimum atomic E-state index is -0.234. The molecule has 1 N–H and O–H groups in total. The van der Waals surface area contributed by atoms with E-state index in [-0.39, 0.29) is 18.1 Å². The Morgan fingerprint density at radius 2 is 2.09 bits per heavy atom. The van der Waals surface area contributed by atoms with Crippen molar-refractivity contribution in [3.05, 3.63) is 40.9 Å². The van der Waals surface area contributed by atoms with E-state index in [9.17, 15) is 4.79 Å². The number of carbonyl (C=O) groups excluding carboxylic acids is 1. The summed E-state index contributed by atoms with van der Waals surface area (Å²) < 4.78 is 11.3. The molecule has 1 aliphatic rings. The average molecular weight is 380 g/mol. The fraction of sp³-hybridized carbons (Fsp3) is 0.375. The molecule has 0 spiro atoms. The summed E-state index contributed by atoms with van der Waals surface area (Å²) in [5, 5.41) is 2.79. The first kappa shape index (κ1) is 16.0. The zero-order chi connectivity index (χ0) is 16.4. The van der Waals surface area contributed by atoms with Crippen LogP contribution >= 0.6 is 15.9 Å². The third kappa shape index (κ3) is 3.92. The third-order valence-electron chi connectivity index (χ3n) is 3.58. The van der Waals surface area contributed by atoms with Gasteiger partial charge in [0.2, 0.25) is 0 Å². The Morgan fingerprint density at radius 3 is 2.65 bits per heavy atom. The van der Waals surface area contributed by atoms with E-state index in [0.29, 0.717) is 15.9 Å². The summed E-state index contributed by atoms with van der Waals surface area (Å²) in [5.74, 6) is 0.652. The summed E-state index contributed by atoms with van der Waals surface area (Å²) in [7, 11) is 0. The van der Waals surface area contributed by atoms with Crippen molar-refractivity contribution in [2.24, 2.45) is 0 Å². The second-order valence-electron chi connectivity index (χ2n) is 5.66. The second kappa shape index (κ2) is 6.72. The minimum Gasteiger partial charge on any atom is -0.457 e. The van der Waals surface area contributed by atoms with Gasteiger partial charge in [-0.15, -0.1) is 0 Å². The molecule has 0 aromatic carbocycles. The highest BCUT2D eigenvalue weighted by Gasteiger charge is 2.23. The van der Waals surface area contributed by atoms with Gasteiger partial charge < -0.3 is 19.4 Å². The highest BCUT2D eigenvalue weighted by atomic mass is 79.9. The number of aromatic nitrogens is 1. The van der Waals surface area contributed by atoms with Crippen LogP contribution in [0, 0.1) is 0 Å². The van der Waals surface area contributed by atoms with Crippen molar-refractivity contribution >= 4 is 33.3 Å². The number of furan rings is 1. The Balaban J connectivity index is 1.66. The maximum absolute atomic E-state index is 12.1. The summed E-state index contributed by atoms with van der Waals surface area (Å²) in [4.78, 5) is 18.7. The standard InChI is InChI=1S/C16H18BrN3O3/c1-10-7-20(8-11(2)23-10)15-4-3-13(6-18-15)19-16(21)12-5-14(17)22-9-12/h3-6,9-11H,7-8H2,1-2H3,(H,19,21). The molecule has 6 nitrogen and oxygen atoms in total. The second-order valence-corrected chi connectivity index (χ2v) is 6.44. The Bertz CT molecular complexity index is 676. The fourth-order valence-corrected chi connectivity index (χ4v) is 2.98. The van der Waals surface area contributed by atoms with Crippen LogP contribution < -0.4 is 10.2 Å². The number of morpholine rings is 1. The van der Waals surface area contributed by atoms with Crippen LogP contribution in [0.5, 0.6) is 0 Å². The van der Waals surface area contributed by atoms with Gasteiger partial charge in [-0.25, -0.2) is 4.98 Å². The number of amides is 1. The number of nitrogens with zero attached hydrogens (tertiary/aromatic N) is 2. The number of anilines is 2. The van der Waals surface area contributed by atoms with Crippen molar-refractivity contribution in [3.63, 3.8) is 0 Å². The number of rotatable bonds is 3. The SMILES string of the molecule is CC1CN(c2ccc(NC(=O)c3coc(Br)c3)cn2)CC(C)O1. The van der Waals surface area contributed by atoms with Gasteiger partial charge >= 0.3 is 0 Å². The van der Waals surface area contributed by atoms with Crippen LogP contribution in [0.3, 0.4) is 0 Å². The molecular weight excluding hydrogens is 362 g/mol. The lowest BCUT2D eigenvalue weighted by atomic mass is 10.2. The molecule has 2 aromatic rings. The van der Waals surface area contributed by atoms with Crippen LogP contribution in [-0.2, 0) is 4.74 Å². The maximum atomic E-state index is 12.1. The van der Waals surface area contributed by atoms with E-state index >= 15 is 0 Å². The number of halogens is 1. The van der Waals surface area contributed by atoms with E-state index in [0.717, 1.165) is 18.9 Å². The summed E-state index contributed by atoms with van der Waals surface area (Å²) in [6.45, 7) is 5.73. The normalized spacial score (nSPS) is 21.3. The fourth-order valence-electron chi connectivity index (χ4n) is 2.64. The monoisotopic (exact) mass is 379 g/mol. The number of nitrogens with one attached hydrogen (secondary N) is 1. The molecule has 0 saturated carbocycles. The van der Waals surface area contributed by atoms with Gasteiger partial charge in [0.15, 0.2) is 4.67 Å². The number of hydrogen-bond donors (Lipinski definition) is 1. The molecule has 0 bridgehead atoms. The van der Waals surface area contributed by atoms with Crippen LogP contribution in [0.2, 0.25) is 0 Å². The highest BCUT2D eigenvalue weighted by Crippen LogP contribution is 2.20. The van der Waals surface area contributed by atoms with E-state index in [1.54, 1.807) is 12.3 Å². The molecule has 0 aliphatic carbocycles. The Hall–Kier alpha value is -1.86. The van der Waals surface area contributed by atoms with Crippen molar-refractivity contribution in [2.75, 3.05) is 23.3 Å². The molecule has 2 unspecified atom stereocenters. The Labute approximate surface area is 143 Å². The van der Waals surface area contributed by atoms with Gasteiger partial charge in [0.1, 0.15) is 12.1 Å². The number of hydrogen-bond acceptors (Lipinski definition) is 5. The van der Waals surface area contributed by atoms with Crippen molar-refractivity contribution in [2.45, 2.75) is 26.1 Å². The predicted molar refractivity (Wildman–Crippen MR) is 90.8 cm³/mol. The highest BCUT2D eigenvalue weighted by molar-refractivity contribution is 9.10. The van der Waals surface area contributed by atoms with Gasteiger partial charge in [-0.3, -0.25) is 4.79 Å². The van der Waals surface area contributed by atoms with Gasteiger partial charge in [0.05, 0.1) is 29.7 Å². The first-order valence-electron chi connectivity index (χ1n) is 7.43. The minimum absolute atomic E-state index is 0.180. The molecular formula is C16H18BrN3O3. The van der Waals surface area contributed by atoms with Crippen molar-refractivity contribution in [3.8, 4) is 0 Å². The van der Waals surface area contributed by atoms with Gasteiger partial charge in [-0.05, 0) is 41.9 Å². The van der Waals surface area contributed by atoms with E-state index in [1.165, 1.54) is 6.26 Å². The molecule has 3 heterocycles. The predicted octanol–water partition coefficient (Wildman–Crippen LogP) is 3.30. The molecule has 1 amide bonds. The molecule has 23 heavy (non-hydrogen) atoms. The van der Waals surface area contributed by atoms with Crippen LogP contribution in [0.1, 0.15) is 24.2 Å². The zero-order valence-corrected chi connectivity index (χ0v) is 14.5. The number of ether oxygens (including phenoxy) is 1. The number of carbonyl (C=O) groups is 1. The van der Waals surface area contributed by atoms with Gasteiger partial charge in [-0.1, -0.05) is 0 Å². The van der Waals surface area contributed by atoms with Crippen LogP contribution in [-0.4, -0.2) is 36.2 Å². The molecule has 3 rings (SSSR count). The maximum Gasteiger partial charge on any atom is 0.259 e. The summed E-state index contributed by atoms with van der Waals surface area (Å²) in [6, 6.07) is 5.37. The first-order valence-corrected chi connectivity index (χ1v) is 8.22. The summed E-state index contributed by atoms with van der Waals surface area (Å²) in [6.07, 6.45) is 3.42. The third-order valence-corrected chi connectivity index (χ3v) is 3.99. The van der Waals surface area contributed by atoms with Crippen molar-refractivity contribution in [1.82, 2.24) is 4.98 Å². The van der Waals surface area contributed by atoms with E-state index < -0.39 is 0 Å². The molecule has 2 aromatic heterocycles. The lowest BCUT2D eigenvalue weighted by Crippen LogP contribution is -2.45. The zero-order valence-electron chi connectivity index (χ0n) is 13.0. The van der Waals surface area contributed by atoms with Gasteiger partial charge in [0, 0.05) is 19.2 Å². The van der Waals surface area contributed by atoms with Crippen LogP contribution in [0.25, 0.3) is 0 Å². The molecule has 0 radical (unpaired) electrons. The van der Waals surface area contributed by atoms with E-state index in [4.69, 9.17) is 9.15 Å². The van der Waals surface area contributed by atoms with Crippen molar-refractivity contribution in [1.29, 1.82) is 0 Å². The van der Waals surface area contributed by atoms with E-state index in [2.05, 4.69) is 45.0 Å². The number of pyridine rings is 1. The first-order chi connectivity index (χ1) is 11.0. The molecule has 1 saturated heterocycles. The van der Waals surface area contributed by atoms with Crippen LogP contribution in [0.4, 0.5) is 11.5 Å². The molecule has 122 valence electrons. The van der Waals surface area contributed by atoms with Crippen LogP contribution in [0.15, 0.2) is 39.7 Å². The van der Waals surface area contributed by atoms with Gasteiger partial charge in [-0.2, -0.15) is 0 Å². The largest absolute Gasteiger partial charge is 0.457 e. The lowest BCUT2D eigenvalue weighted by molar-refractivity contribution is -0.00545. The molecule has 2 atom stereocenters. The van der Waals surface area contributed by atoms with E-state index in [1.807, 2.05) is 12.1 Å². The lowest BCUT2D eigenvalue weighted by Gasteiger charge is -2.36. The molecule has 1 fully saturated rings. The molecule has 7 heteroatoms. The smallest absolute Gasteiger partial charge is 0.259 e. The van der Waals surface area contributed by atoms with Gasteiger partial charge in [0.25, 0.3) is 5.91 Å². The Morgan fingerprint density at radius 1 is 1.35 bits per heavy atom. The topological polar surface area (TPSA) is 67.6 Å². The average Bonchev–Trinajstić information content (AvgIpc) is 2.94.